The molecular weight excluding hydrogens is 421 g/mol. The van der Waals surface area contributed by atoms with Crippen LogP contribution in [-0.2, 0) is 58.1 Å². The third kappa shape index (κ3) is 21.3. The topological polar surface area (TPSA) is 242 Å². The average molecular weight is 435 g/mol. The van der Waals surface area contributed by atoms with Crippen molar-refractivity contribution in [3.05, 3.63) is 0 Å². The van der Waals surface area contributed by atoms with Gasteiger partial charge >= 0.3 is 59.4 Å². The molecule has 134 valence electrons. The number of carboxylic acids is 5. The summed E-state index contributed by atoms with van der Waals surface area (Å²) in [6, 6.07) is 0. The Morgan fingerprint density at radius 1 is 0.696 bits per heavy atom. The predicted octanol–water partition coefficient (Wildman–Crippen LogP) is -2.58. The molecule has 9 N–H and O–H groups in total. The zero-order chi connectivity index (χ0) is 15.8. The number of rotatable bonds is 5. The van der Waals surface area contributed by atoms with Gasteiger partial charge in [-0.1, -0.05) is 0 Å². The summed E-state index contributed by atoms with van der Waals surface area (Å²) < 4.78 is 0. The molecule has 0 saturated carbocycles. The monoisotopic (exact) mass is 435 g/mol. The second-order valence-electron chi connectivity index (χ2n) is 3.09. The van der Waals surface area contributed by atoms with Crippen LogP contribution in [0.4, 0.5) is 0 Å². The van der Waals surface area contributed by atoms with Crippen LogP contribution in [-0.4, -0.2) is 95.6 Å². The first-order valence-electron chi connectivity index (χ1n) is 4.28. The van der Waals surface area contributed by atoms with Crippen molar-refractivity contribution in [2.45, 2.75) is 18.4 Å². The van der Waals surface area contributed by atoms with Crippen LogP contribution < -0.4 is 6.15 Å². The molecule has 0 heterocycles. The number of carboxylic acid groups (broad SMARTS) is 5. The molecule has 0 aromatic carbocycles. The summed E-state index contributed by atoms with van der Waals surface area (Å²) in [4.78, 5) is 48.7. The van der Waals surface area contributed by atoms with E-state index in [1.54, 1.807) is 0 Å². The van der Waals surface area contributed by atoms with Gasteiger partial charge in [-0.05, 0) is 0 Å². The Morgan fingerprint density at radius 2 is 0.913 bits per heavy atom. The molecule has 23 heavy (non-hydrogen) atoms. The molecule has 0 aliphatic heterocycles. The molecule has 0 aliphatic rings. The molecule has 0 aliphatic carbocycles. The Hall–Kier alpha value is -0.691. The van der Waals surface area contributed by atoms with E-state index in [4.69, 9.17) is 40.2 Å². The van der Waals surface area contributed by atoms with Gasteiger partial charge in [0.05, 0.1) is 12.8 Å². The van der Waals surface area contributed by atoms with Gasteiger partial charge < -0.3 is 36.8 Å². The summed E-state index contributed by atoms with van der Waals surface area (Å²) in [5.41, 5.74) is -2.74. The molecular formula is C8H14Fe2NNaO11. The zero-order valence-corrected chi connectivity index (χ0v) is 12.8. The predicted molar refractivity (Wildman–Crippen MR) is 64.5 cm³/mol. The molecule has 15 heteroatoms. The summed E-state index contributed by atoms with van der Waals surface area (Å²) in [5.74, 6) is -8.67. The minimum atomic E-state index is -2.74. The van der Waals surface area contributed by atoms with Crippen molar-refractivity contribution < 1.29 is 88.7 Å². The van der Waals surface area contributed by atoms with E-state index in [2.05, 4.69) is 0 Å². The van der Waals surface area contributed by atoms with E-state index >= 15 is 0 Å². The van der Waals surface area contributed by atoms with Crippen molar-refractivity contribution in [3.63, 3.8) is 0 Å². The van der Waals surface area contributed by atoms with Crippen LogP contribution in [0.1, 0.15) is 12.8 Å². The maximum atomic E-state index is 10.3. The number of hydrogen-bond acceptors (Lipinski definition) is 7. The van der Waals surface area contributed by atoms with Gasteiger partial charge in [-0.3, -0.25) is 9.59 Å². The Labute approximate surface area is 172 Å². The molecule has 0 saturated heterocycles. The van der Waals surface area contributed by atoms with E-state index in [1.807, 2.05) is 0 Å². The fourth-order valence-corrected chi connectivity index (χ4v) is 0.714. The van der Waals surface area contributed by atoms with Crippen molar-refractivity contribution in [1.29, 1.82) is 0 Å². The van der Waals surface area contributed by atoms with Crippen LogP contribution in [0.3, 0.4) is 0 Å². The summed E-state index contributed by atoms with van der Waals surface area (Å²) in [6.07, 6.45) is -2.29. The van der Waals surface area contributed by atoms with E-state index in [0.717, 1.165) is 0 Å². The molecule has 12 nitrogen and oxygen atoms in total. The second kappa shape index (κ2) is 17.7. The average Bonchev–Trinajstić information content (AvgIpc) is 2.14. The fraction of sp³-hybridized carbons (Fsp3) is 0.375. The third-order valence-electron chi connectivity index (χ3n) is 1.47. The van der Waals surface area contributed by atoms with Crippen LogP contribution in [0.2, 0.25) is 0 Å². The van der Waals surface area contributed by atoms with E-state index in [9.17, 15) is 14.4 Å². The molecule has 0 amide bonds. The van der Waals surface area contributed by atoms with Gasteiger partial charge in [-0.25, -0.2) is 14.4 Å². The van der Waals surface area contributed by atoms with E-state index in [1.165, 1.54) is 0 Å². The molecule has 0 aromatic rings. The van der Waals surface area contributed by atoms with Crippen molar-refractivity contribution in [2.24, 2.45) is 0 Å². The summed E-state index contributed by atoms with van der Waals surface area (Å²) in [6.45, 7) is 0. The SMILES string of the molecule is N.O=C(O)C(=O)O.O=C(O)CC(O)(CC(=O)O)C(=O)O.[Fe].[Fe].[NaH]. The standard InChI is InChI=1S/C6H8O7.C2H2O4.2Fe.H3N.Na.H/c7-3(8)1-6(13,5(11)12)2-4(9)10;3-1(4)2(5)6;;;;;/h13H,1-2H2,(H,7,8)(H,9,10)(H,11,12);(H,3,4)(H,5,6);;;1H3;;. The third-order valence-corrected chi connectivity index (χ3v) is 1.47. The van der Waals surface area contributed by atoms with Gasteiger partial charge in [0.25, 0.3) is 0 Å². The van der Waals surface area contributed by atoms with Gasteiger partial charge in [0.1, 0.15) is 0 Å². The van der Waals surface area contributed by atoms with Crippen LogP contribution in [0.25, 0.3) is 0 Å². The van der Waals surface area contributed by atoms with Crippen molar-refractivity contribution in [2.75, 3.05) is 0 Å². The maximum absolute atomic E-state index is 10.3. The van der Waals surface area contributed by atoms with E-state index in [-0.39, 0.29) is 69.8 Å². The number of aliphatic hydroxyl groups is 1. The Bertz CT molecular complexity index is 389. The molecule has 0 atom stereocenters. The number of aliphatic carboxylic acids is 5. The van der Waals surface area contributed by atoms with E-state index < -0.39 is 48.3 Å². The normalized spacial score (nSPS) is 8.04. The van der Waals surface area contributed by atoms with Gasteiger partial charge in [0.2, 0.25) is 0 Å². The van der Waals surface area contributed by atoms with Crippen LogP contribution >= 0.6 is 0 Å². The fourth-order valence-electron chi connectivity index (χ4n) is 0.714. The van der Waals surface area contributed by atoms with E-state index in [0.29, 0.717) is 0 Å². The van der Waals surface area contributed by atoms with Crippen LogP contribution in [0, 0.1) is 0 Å². The molecule has 0 rings (SSSR count). The first-order chi connectivity index (χ1) is 8.42. The first kappa shape index (κ1) is 38.1. The number of carbonyl (C=O) groups is 5. The second-order valence-corrected chi connectivity index (χ2v) is 3.09. The van der Waals surface area contributed by atoms with Crippen molar-refractivity contribution >= 4 is 59.4 Å². The molecule has 0 bridgehead atoms. The van der Waals surface area contributed by atoms with Crippen molar-refractivity contribution in [3.8, 4) is 0 Å². The number of hydrogen-bond donors (Lipinski definition) is 7. The summed E-state index contributed by atoms with van der Waals surface area (Å²) in [7, 11) is 0. The van der Waals surface area contributed by atoms with Crippen LogP contribution in [0.15, 0.2) is 0 Å². The van der Waals surface area contributed by atoms with Gasteiger partial charge in [0.15, 0.2) is 5.60 Å². The van der Waals surface area contributed by atoms with Gasteiger partial charge in [0, 0.05) is 34.1 Å². The first-order valence-corrected chi connectivity index (χ1v) is 4.28. The molecule has 0 aromatic heterocycles. The summed E-state index contributed by atoms with van der Waals surface area (Å²) >= 11 is 0. The van der Waals surface area contributed by atoms with Gasteiger partial charge in [-0.15, -0.1) is 0 Å². The Balaban J connectivity index is -0.0000000635. The molecule has 0 radical (unpaired) electrons. The quantitative estimate of drug-likeness (QED) is 0.174. The minimum absolute atomic E-state index is 0. The molecule has 0 unspecified atom stereocenters. The molecule has 0 fully saturated rings. The van der Waals surface area contributed by atoms with Crippen LogP contribution in [0.5, 0.6) is 0 Å². The Morgan fingerprint density at radius 3 is 1.00 bits per heavy atom. The molecule has 0 spiro atoms. The van der Waals surface area contributed by atoms with Crippen molar-refractivity contribution in [1.82, 2.24) is 6.15 Å². The van der Waals surface area contributed by atoms with Gasteiger partial charge in [-0.2, -0.15) is 0 Å². The Kier molecular flexibility index (Phi) is 29.2. The zero-order valence-electron chi connectivity index (χ0n) is 10.6. The summed E-state index contributed by atoms with van der Waals surface area (Å²) in [5, 5.41) is 48.6.